The van der Waals surface area contributed by atoms with Gasteiger partial charge in [0.15, 0.2) is 5.37 Å². The van der Waals surface area contributed by atoms with Gasteiger partial charge in [0.1, 0.15) is 0 Å². The maximum absolute atomic E-state index is 12.0. The smallest absolute Gasteiger partial charge is 0.161 e. The second kappa shape index (κ2) is 3.07. The molecule has 0 saturated carbocycles. The zero-order chi connectivity index (χ0) is 9.54. The average molecular weight is 221 g/mol. The second-order valence-corrected chi connectivity index (χ2v) is 5.51. The first-order valence-electron chi connectivity index (χ1n) is 4.26. The van der Waals surface area contributed by atoms with E-state index in [0.29, 0.717) is 0 Å². The van der Waals surface area contributed by atoms with Crippen LogP contribution in [0.1, 0.15) is 5.56 Å². The van der Waals surface area contributed by atoms with Crippen LogP contribution in [-0.4, -0.2) is 15.1 Å². The average Bonchev–Trinajstić information content (AvgIpc) is 2.66. The third kappa shape index (κ3) is 1.11. The Kier molecular flexibility index (Phi) is 1.85. The number of nitrogens with zero attached hydrogens (tertiary/aromatic N) is 1. The van der Waals surface area contributed by atoms with Gasteiger partial charge in [0.2, 0.25) is 0 Å². The van der Waals surface area contributed by atoms with Crippen molar-refractivity contribution in [3.63, 3.8) is 0 Å². The number of aliphatic imine (C=N–C) groups is 1. The van der Waals surface area contributed by atoms with E-state index < -0.39 is 10.8 Å². The molecule has 0 aliphatic carbocycles. The zero-order valence-electron chi connectivity index (χ0n) is 7.21. The van der Waals surface area contributed by atoms with Gasteiger partial charge in [-0.15, -0.1) is 0 Å². The first-order chi connectivity index (χ1) is 6.86. The van der Waals surface area contributed by atoms with Crippen LogP contribution in [0.5, 0.6) is 0 Å². The van der Waals surface area contributed by atoms with Crippen molar-refractivity contribution in [1.29, 1.82) is 0 Å². The molecule has 2 nitrogen and oxygen atoms in total. The molecule has 4 heteroatoms. The number of hydrogen-bond acceptors (Lipinski definition) is 3. The van der Waals surface area contributed by atoms with Crippen molar-refractivity contribution < 1.29 is 4.21 Å². The zero-order valence-corrected chi connectivity index (χ0v) is 8.85. The van der Waals surface area contributed by atoms with Gasteiger partial charge in [0, 0.05) is 9.80 Å². The molecule has 2 aliphatic heterocycles. The maximum Gasteiger partial charge on any atom is 0.161 e. The summed E-state index contributed by atoms with van der Waals surface area (Å²) in [7, 11) is -1.01. The highest BCUT2D eigenvalue weighted by Crippen LogP contribution is 2.38. The number of fused-ring (bicyclic) bond motifs is 2. The topological polar surface area (TPSA) is 29.4 Å². The lowest BCUT2D eigenvalue weighted by atomic mass is 10.2. The predicted molar refractivity (Wildman–Crippen MR) is 60.7 cm³/mol. The lowest BCUT2D eigenvalue weighted by Gasteiger charge is -2.17. The highest BCUT2D eigenvalue weighted by Gasteiger charge is 2.30. The molecule has 0 N–H and O–H groups in total. The Morgan fingerprint density at radius 1 is 1.36 bits per heavy atom. The molecule has 3 rings (SSSR count). The van der Waals surface area contributed by atoms with E-state index in [-0.39, 0.29) is 5.37 Å². The molecule has 2 unspecified atom stereocenters. The predicted octanol–water partition coefficient (Wildman–Crippen LogP) is 2.25. The van der Waals surface area contributed by atoms with Gasteiger partial charge in [-0.3, -0.25) is 9.20 Å². The quantitative estimate of drug-likeness (QED) is 0.672. The molecule has 14 heavy (non-hydrogen) atoms. The van der Waals surface area contributed by atoms with Crippen molar-refractivity contribution in [1.82, 2.24) is 0 Å². The van der Waals surface area contributed by atoms with Crippen LogP contribution in [-0.2, 0) is 10.8 Å². The molecule has 0 fully saturated rings. The summed E-state index contributed by atoms with van der Waals surface area (Å²) in [6.45, 7) is 0. The first kappa shape index (κ1) is 8.44. The molecule has 0 aromatic heterocycles. The fourth-order valence-electron chi connectivity index (χ4n) is 1.60. The number of hydrogen-bond donors (Lipinski definition) is 0. The standard InChI is InChI=1S/C10H7NOS2/c12-14-9-4-2-1-3-7(9)5-8-10(14)11-6-13-8/h1-6,10H. The second-order valence-electron chi connectivity index (χ2n) is 3.11. The van der Waals surface area contributed by atoms with Gasteiger partial charge in [-0.1, -0.05) is 30.0 Å². The van der Waals surface area contributed by atoms with Crippen LogP contribution in [0.15, 0.2) is 39.1 Å². The number of rotatable bonds is 0. The van der Waals surface area contributed by atoms with Gasteiger partial charge < -0.3 is 0 Å². The molecule has 0 saturated heterocycles. The fourth-order valence-corrected chi connectivity index (χ4v) is 4.05. The minimum absolute atomic E-state index is 0.144. The largest absolute Gasteiger partial charge is 0.263 e. The summed E-state index contributed by atoms with van der Waals surface area (Å²) in [6, 6.07) is 7.79. The Balaban J connectivity index is 2.23. The van der Waals surface area contributed by atoms with Crippen molar-refractivity contribution in [2.45, 2.75) is 10.3 Å². The van der Waals surface area contributed by atoms with E-state index in [1.54, 1.807) is 17.3 Å². The van der Waals surface area contributed by atoms with Gasteiger partial charge in [-0.05, 0) is 17.7 Å². The van der Waals surface area contributed by atoms with E-state index in [2.05, 4.69) is 11.1 Å². The van der Waals surface area contributed by atoms with E-state index in [0.717, 1.165) is 15.4 Å². The monoisotopic (exact) mass is 221 g/mol. The van der Waals surface area contributed by atoms with Gasteiger partial charge in [0.05, 0.1) is 16.3 Å². The summed E-state index contributed by atoms with van der Waals surface area (Å²) in [4.78, 5) is 6.21. The molecule has 1 aromatic rings. The molecule has 70 valence electrons. The maximum atomic E-state index is 12.0. The summed E-state index contributed by atoms with van der Waals surface area (Å²) in [5.74, 6) is 0. The summed E-state index contributed by atoms with van der Waals surface area (Å²) < 4.78 is 12.0. The molecule has 2 atom stereocenters. The lowest BCUT2D eigenvalue weighted by Crippen LogP contribution is -2.15. The SMILES string of the molecule is O=S1c2ccccc2C=C2SC=NC21. The van der Waals surface area contributed by atoms with E-state index in [1.165, 1.54) is 0 Å². The normalized spacial score (nSPS) is 28.1. The number of benzene rings is 1. The molecular formula is C10H7NOS2. The van der Waals surface area contributed by atoms with E-state index in [1.807, 2.05) is 24.3 Å². The number of thioether (sulfide) groups is 1. The van der Waals surface area contributed by atoms with Crippen LogP contribution in [0.2, 0.25) is 0 Å². The van der Waals surface area contributed by atoms with Crippen molar-refractivity contribution in [2.24, 2.45) is 4.99 Å². The Bertz CT molecular complexity index is 479. The van der Waals surface area contributed by atoms with E-state index in [9.17, 15) is 4.21 Å². The molecule has 0 bridgehead atoms. The highest BCUT2D eigenvalue weighted by molar-refractivity contribution is 8.16. The fraction of sp³-hybridized carbons (Fsp3) is 0.100. The first-order valence-corrected chi connectivity index (χ1v) is 6.35. The molecule has 0 amide bonds. The van der Waals surface area contributed by atoms with Gasteiger partial charge in [-0.2, -0.15) is 0 Å². The molecule has 1 aromatic carbocycles. The Hall–Kier alpha value is -0.870. The van der Waals surface area contributed by atoms with Crippen LogP contribution < -0.4 is 0 Å². The molecule has 2 aliphatic rings. The van der Waals surface area contributed by atoms with Crippen LogP contribution in [0.4, 0.5) is 0 Å². The van der Waals surface area contributed by atoms with Crippen LogP contribution >= 0.6 is 11.8 Å². The van der Waals surface area contributed by atoms with Crippen molar-refractivity contribution >= 4 is 34.2 Å². The summed E-state index contributed by atoms with van der Waals surface area (Å²) in [6.07, 6.45) is 2.08. The highest BCUT2D eigenvalue weighted by atomic mass is 32.2. The van der Waals surface area contributed by atoms with Gasteiger partial charge in [-0.25, -0.2) is 0 Å². The minimum atomic E-state index is -1.01. The molecular weight excluding hydrogens is 214 g/mol. The van der Waals surface area contributed by atoms with Crippen molar-refractivity contribution in [2.75, 3.05) is 0 Å². The van der Waals surface area contributed by atoms with Crippen molar-refractivity contribution in [3.8, 4) is 0 Å². The third-order valence-electron chi connectivity index (χ3n) is 2.26. The molecule has 0 radical (unpaired) electrons. The van der Waals surface area contributed by atoms with E-state index in [4.69, 9.17) is 0 Å². The lowest BCUT2D eigenvalue weighted by molar-refractivity contribution is 0.678. The minimum Gasteiger partial charge on any atom is -0.263 e. The van der Waals surface area contributed by atoms with Crippen LogP contribution in [0.3, 0.4) is 0 Å². The molecule has 2 heterocycles. The third-order valence-corrected chi connectivity index (χ3v) is 4.84. The van der Waals surface area contributed by atoms with Gasteiger partial charge in [0.25, 0.3) is 0 Å². The Morgan fingerprint density at radius 3 is 3.14 bits per heavy atom. The summed E-state index contributed by atoms with van der Waals surface area (Å²) in [5, 5.41) is -0.144. The van der Waals surface area contributed by atoms with Crippen LogP contribution in [0, 0.1) is 0 Å². The van der Waals surface area contributed by atoms with Crippen LogP contribution in [0.25, 0.3) is 6.08 Å². The van der Waals surface area contributed by atoms with E-state index >= 15 is 0 Å². The summed E-state index contributed by atoms with van der Waals surface area (Å²) >= 11 is 1.57. The Labute approximate surface area is 88.6 Å². The Morgan fingerprint density at radius 2 is 2.21 bits per heavy atom. The summed E-state index contributed by atoms with van der Waals surface area (Å²) in [5.41, 5.74) is 2.84. The van der Waals surface area contributed by atoms with Gasteiger partial charge >= 0.3 is 0 Å². The van der Waals surface area contributed by atoms with Crippen molar-refractivity contribution in [3.05, 3.63) is 34.7 Å². The molecule has 0 spiro atoms.